The minimum atomic E-state index is 0.585. The van der Waals surface area contributed by atoms with Crippen molar-refractivity contribution >= 4 is 48.2 Å². The molecule has 5 rings (SSSR count). The maximum absolute atomic E-state index is 4.94. The molecule has 2 aromatic carbocycles. The number of hydrogen-bond acceptors (Lipinski definition) is 5. The third kappa shape index (κ3) is 2.79. The first kappa shape index (κ1) is 16.2. The van der Waals surface area contributed by atoms with Crippen LogP contribution in [0.25, 0.3) is 20.4 Å². The largest absolute Gasteiger partial charge is 0.348 e. The van der Waals surface area contributed by atoms with Gasteiger partial charge in [-0.3, -0.25) is 0 Å². The number of thiazole rings is 2. The van der Waals surface area contributed by atoms with E-state index in [-0.39, 0.29) is 0 Å². The van der Waals surface area contributed by atoms with Crippen LogP contribution >= 0.6 is 22.7 Å². The Labute approximate surface area is 161 Å². The van der Waals surface area contributed by atoms with Crippen molar-refractivity contribution in [2.75, 3.05) is 18.0 Å². The number of nitrogens with zero attached hydrogens (tertiary/aromatic N) is 3. The van der Waals surface area contributed by atoms with E-state index in [4.69, 9.17) is 9.97 Å². The molecule has 0 atom stereocenters. The van der Waals surface area contributed by atoms with Gasteiger partial charge < -0.3 is 4.90 Å². The van der Waals surface area contributed by atoms with E-state index in [1.54, 1.807) is 0 Å². The summed E-state index contributed by atoms with van der Waals surface area (Å²) < 4.78 is 2.62. The fourth-order valence-corrected chi connectivity index (χ4v) is 6.21. The van der Waals surface area contributed by atoms with Gasteiger partial charge in [0.25, 0.3) is 0 Å². The van der Waals surface area contributed by atoms with Crippen molar-refractivity contribution in [3.63, 3.8) is 0 Å². The van der Waals surface area contributed by atoms with Crippen molar-refractivity contribution in [2.24, 2.45) is 0 Å². The number of para-hydroxylation sites is 1. The van der Waals surface area contributed by atoms with Crippen LogP contribution in [0.3, 0.4) is 0 Å². The second-order valence-corrected chi connectivity index (χ2v) is 9.28. The molecule has 4 aromatic rings. The zero-order valence-corrected chi connectivity index (χ0v) is 16.7. The van der Waals surface area contributed by atoms with Crippen molar-refractivity contribution in [3.05, 3.63) is 52.5 Å². The lowest BCUT2D eigenvalue weighted by atomic mass is 9.98. The summed E-state index contributed by atoms with van der Waals surface area (Å²) in [6.07, 6.45) is 2.32. The van der Waals surface area contributed by atoms with E-state index in [0.717, 1.165) is 31.4 Å². The van der Waals surface area contributed by atoms with E-state index in [1.807, 2.05) is 22.7 Å². The van der Waals surface area contributed by atoms with Crippen LogP contribution in [0.5, 0.6) is 0 Å². The molecule has 0 spiro atoms. The zero-order chi connectivity index (χ0) is 17.7. The molecule has 0 saturated carbocycles. The molecule has 0 aliphatic carbocycles. The summed E-state index contributed by atoms with van der Waals surface area (Å²) in [6, 6.07) is 13.0. The predicted molar refractivity (Wildman–Crippen MR) is 113 cm³/mol. The second kappa shape index (κ2) is 6.32. The number of anilines is 1. The number of aromatic nitrogens is 2. The van der Waals surface area contributed by atoms with Crippen molar-refractivity contribution in [2.45, 2.75) is 32.6 Å². The Kier molecular flexibility index (Phi) is 3.94. The lowest BCUT2D eigenvalue weighted by molar-refractivity contribution is 0.504. The molecule has 2 aromatic heterocycles. The lowest BCUT2D eigenvalue weighted by Gasteiger charge is -2.30. The average molecular weight is 380 g/mol. The van der Waals surface area contributed by atoms with Gasteiger partial charge in [-0.2, -0.15) is 0 Å². The van der Waals surface area contributed by atoms with Crippen LogP contribution in [0.4, 0.5) is 5.13 Å². The predicted octanol–water partition coefficient (Wildman–Crippen LogP) is 5.91. The SMILES string of the molecule is Cc1cc(C)c2nc(N3CCC(c4nc5ccccc5s4)CC3)sc2c1. The fourth-order valence-electron chi connectivity index (χ4n) is 3.88. The molecule has 0 bridgehead atoms. The van der Waals surface area contributed by atoms with Gasteiger partial charge in [0.2, 0.25) is 0 Å². The van der Waals surface area contributed by atoms with Gasteiger partial charge in [0, 0.05) is 19.0 Å². The molecule has 0 amide bonds. The third-order valence-electron chi connectivity index (χ3n) is 5.24. The van der Waals surface area contributed by atoms with Gasteiger partial charge in [-0.25, -0.2) is 9.97 Å². The molecule has 0 unspecified atom stereocenters. The van der Waals surface area contributed by atoms with E-state index in [1.165, 1.54) is 36.2 Å². The second-order valence-electron chi connectivity index (χ2n) is 7.21. The monoisotopic (exact) mass is 379 g/mol. The highest BCUT2D eigenvalue weighted by Gasteiger charge is 2.25. The standard InChI is InChI=1S/C21H21N3S2/c1-13-11-14(2)19-18(12-13)26-21(23-19)24-9-7-15(8-10-24)20-22-16-5-3-4-6-17(16)25-20/h3-6,11-12,15H,7-10H2,1-2H3. The smallest absolute Gasteiger partial charge is 0.186 e. The number of hydrogen-bond donors (Lipinski definition) is 0. The molecule has 0 N–H and O–H groups in total. The molecular weight excluding hydrogens is 358 g/mol. The van der Waals surface area contributed by atoms with Crippen molar-refractivity contribution in [1.29, 1.82) is 0 Å². The molecule has 3 heterocycles. The third-order valence-corrected chi connectivity index (χ3v) is 7.51. The van der Waals surface area contributed by atoms with Gasteiger partial charge in [0.1, 0.15) is 0 Å². The van der Waals surface area contributed by atoms with Gasteiger partial charge in [-0.15, -0.1) is 11.3 Å². The lowest BCUT2D eigenvalue weighted by Crippen LogP contribution is -2.32. The van der Waals surface area contributed by atoms with Crippen molar-refractivity contribution in [3.8, 4) is 0 Å². The Hall–Kier alpha value is -1.98. The van der Waals surface area contributed by atoms with Crippen LogP contribution < -0.4 is 4.90 Å². The summed E-state index contributed by atoms with van der Waals surface area (Å²) in [6.45, 7) is 6.46. The van der Waals surface area contributed by atoms with Crippen LogP contribution in [0.2, 0.25) is 0 Å². The summed E-state index contributed by atoms with van der Waals surface area (Å²) in [5, 5.41) is 2.48. The normalized spacial score (nSPS) is 16.0. The molecule has 5 heteroatoms. The van der Waals surface area contributed by atoms with Gasteiger partial charge in [-0.05, 0) is 56.0 Å². The van der Waals surface area contributed by atoms with Gasteiger partial charge in [0.05, 0.1) is 25.4 Å². The van der Waals surface area contributed by atoms with E-state index in [2.05, 4.69) is 55.1 Å². The van der Waals surface area contributed by atoms with Crippen LogP contribution in [0, 0.1) is 13.8 Å². The Morgan fingerprint density at radius 1 is 0.962 bits per heavy atom. The van der Waals surface area contributed by atoms with Crippen LogP contribution in [0.1, 0.15) is 34.9 Å². The maximum Gasteiger partial charge on any atom is 0.186 e. The van der Waals surface area contributed by atoms with Crippen LogP contribution in [-0.2, 0) is 0 Å². The van der Waals surface area contributed by atoms with Gasteiger partial charge in [0.15, 0.2) is 5.13 Å². The topological polar surface area (TPSA) is 29.0 Å². The fraction of sp³-hybridized carbons (Fsp3) is 0.333. The summed E-state index contributed by atoms with van der Waals surface area (Å²) in [5.41, 5.74) is 4.92. The molecular formula is C21H21N3S2. The first-order valence-corrected chi connectivity index (χ1v) is 10.8. The first-order chi connectivity index (χ1) is 12.7. The number of benzene rings is 2. The molecule has 1 aliphatic heterocycles. The molecule has 0 radical (unpaired) electrons. The molecule has 1 aliphatic rings. The van der Waals surface area contributed by atoms with Gasteiger partial charge >= 0.3 is 0 Å². The van der Waals surface area contributed by atoms with Crippen LogP contribution in [-0.4, -0.2) is 23.1 Å². The Bertz CT molecular complexity index is 1050. The van der Waals surface area contributed by atoms with Gasteiger partial charge in [-0.1, -0.05) is 29.5 Å². The van der Waals surface area contributed by atoms with Crippen LogP contribution in [0.15, 0.2) is 36.4 Å². The highest BCUT2D eigenvalue weighted by molar-refractivity contribution is 7.22. The first-order valence-electron chi connectivity index (χ1n) is 9.15. The minimum absolute atomic E-state index is 0.585. The van der Waals surface area contributed by atoms with E-state index in [9.17, 15) is 0 Å². The highest BCUT2D eigenvalue weighted by atomic mass is 32.1. The average Bonchev–Trinajstić information content (AvgIpc) is 3.26. The summed E-state index contributed by atoms with van der Waals surface area (Å²) in [7, 11) is 0. The van der Waals surface area contributed by atoms with Crippen molar-refractivity contribution < 1.29 is 0 Å². The molecule has 1 fully saturated rings. The van der Waals surface area contributed by atoms with E-state index < -0.39 is 0 Å². The Morgan fingerprint density at radius 2 is 1.77 bits per heavy atom. The number of fused-ring (bicyclic) bond motifs is 2. The van der Waals surface area contributed by atoms with E-state index in [0.29, 0.717) is 5.92 Å². The van der Waals surface area contributed by atoms with Crippen molar-refractivity contribution in [1.82, 2.24) is 9.97 Å². The molecule has 26 heavy (non-hydrogen) atoms. The molecule has 3 nitrogen and oxygen atoms in total. The Morgan fingerprint density at radius 3 is 2.58 bits per heavy atom. The molecule has 1 saturated heterocycles. The minimum Gasteiger partial charge on any atom is -0.348 e. The number of rotatable bonds is 2. The molecule has 132 valence electrons. The number of aryl methyl sites for hydroxylation is 2. The highest BCUT2D eigenvalue weighted by Crippen LogP contribution is 2.37. The quantitative estimate of drug-likeness (QED) is 0.434. The summed E-state index contributed by atoms with van der Waals surface area (Å²) in [4.78, 5) is 12.3. The Balaban J connectivity index is 1.36. The zero-order valence-electron chi connectivity index (χ0n) is 15.0. The summed E-state index contributed by atoms with van der Waals surface area (Å²) >= 11 is 3.70. The maximum atomic E-state index is 4.94. The van der Waals surface area contributed by atoms with E-state index >= 15 is 0 Å². The summed E-state index contributed by atoms with van der Waals surface area (Å²) in [5.74, 6) is 0.585. The number of piperidine rings is 1.